The van der Waals surface area contributed by atoms with Crippen molar-refractivity contribution in [3.63, 3.8) is 0 Å². The number of likely N-dealkylation sites (tertiary alicyclic amines) is 1. The van der Waals surface area contributed by atoms with E-state index in [1.807, 2.05) is 6.92 Å². The van der Waals surface area contributed by atoms with E-state index in [4.69, 9.17) is 0 Å². The Kier molecular flexibility index (Phi) is 4.01. The molecule has 1 saturated carbocycles. The number of aromatic amines is 1. The van der Waals surface area contributed by atoms with Crippen LogP contribution in [-0.2, 0) is 6.42 Å². The van der Waals surface area contributed by atoms with Crippen LogP contribution in [0.4, 0.5) is 0 Å². The van der Waals surface area contributed by atoms with Crippen molar-refractivity contribution in [3.8, 4) is 0 Å². The quantitative estimate of drug-likeness (QED) is 0.850. The molecule has 1 saturated heterocycles. The number of nitrogens with zero attached hydrogens (tertiary/aromatic N) is 1. The lowest BCUT2D eigenvalue weighted by Gasteiger charge is -2.47. The maximum Gasteiger partial charge on any atom is 0.270 e. The summed E-state index contributed by atoms with van der Waals surface area (Å²) in [7, 11) is 0. The summed E-state index contributed by atoms with van der Waals surface area (Å²) in [5, 5.41) is 0. The molecule has 2 aliphatic carbocycles. The molecule has 3 aliphatic rings. The molecule has 2 heterocycles. The number of piperidine rings is 1. The fourth-order valence-corrected chi connectivity index (χ4v) is 5.30. The number of H-pyrrole nitrogens is 1. The first-order chi connectivity index (χ1) is 11.6. The molecule has 130 valence electrons. The van der Waals surface area contributed by atoms with Gasteiger partial charge >= 0.3 is 0 Å². The predicted octanol–water partition coefficient (Wildman–Crippen LogP) is 3.88. The molecule has 1 N–H and O–H groups in total. The molecule has 0 bridgehead atoms. The fraction of sp³-hybridized carbons (Fsp3) is 0.700. The number of Topliss-reactive ketones (excluding diaryl/α,β-unsaturated/α-hetero) is 1. The van der Waals surface area contributed by atoms with Crippen molar-refractivity contribution in [3.05, 3.63) is 22.5 Å². The van der Waals surface area contributed by atoms with Crippen LogP contribution >= 0.6 is 0 Å². The Morgan fingerprint density at radius 3 is 2.71 bits per heavy atom. The lowest BCUT2D eigenvalue weighted by molar-refractivity contribution is 0.0213. The van der Waals surface area contributed by atoms with Gasteiger partial charge in [0, 0.05) is 30.3 Å². The minimum atomic E-state index is 0.124. The van der Waals surface area contributed by atoms with Crippen LogP contribution in [0.25, 0.3) is 0 Å². The van der Waals surface area contributed by atoms with Crippen molar-refractivity contribution in [2.45, 2.75) is 71.3 Å². The van der Waals surface area contributed by atoms with Crippen molar-refractivity contribution >= 4 is 11.7 Å². The third kappa shape index (κ3) is 2.42. The molecule has 1 aromatic rings. The number of aryl methyl sites for hydroxylation is 1. The van der Waals surface area contributed by atoms with Gasteiger partial charge in [0.2, 0.25) is 0 Å². The molecule has 0 spiro atoms. The Labute approximate surface area is 144 Å². The van der Waals surface area contributed by atoms with E-state index in [1.54, 1.807) is 0 Å². The fourth-order valence-electron chi connectivity index (χ4n) is 5.30. The smallest absolute Gasteiger partial charge is 0.270 e. The van der Waals surface area contributed by atoms with Crippen LogP contribution in [0.15, 0.2) is 0 Å². The topological polar surface area (TPSA) is 53.2 Å². The van der Waals surface area contributed by atoms with Crippen LogP contribution < -0.4 is 0 Å². The normalized spacial score (nSPS) is 30.0. The van der Waals surface area contributed by atoms with Gasteiger partial charge in [0.25, 0.3) is 5.91 Å². The molecular formula is C20H28N2O2. The van der Waals surface area contributed by atoms with Gasteiger partial charge in [-0.15, -0.1) is 0 Å². The number of hydrogen-bond donors (Lipinski definition) is 1. The molecule has 4 nitrogen and oxygen atoms in total. The number of aromatic nitrogens is 1. The number of carbonyl (C=O) groups is 2. The van der Waals surface area contributed by atoms with Crippen LogP contribution in [0.5, 0.6) is 0 Å². The zero-order valence-electron chi connectivity index (χ0n) is 14.9. The van der Waals surface area contributed by atoms with Crippen LogP contribution in [0.2, 0.25) is 0 Å². The molecule has 0 aromatic carbocycles. The molecule has 1 aromatic heterocycles. The molecule has 1 aliphatic heterocycles. The lowest BCUT2D eigenvalue weighted by atomic mass is 9.72. The molecule has 0 unspecified atom stereocenters. The highest BCUT2D eigenvalue weighted by atomic mass is 16.2. The van der Waals surface area contributed by atoms with Crippen molar-refractivity contribution < 1.29 is 9.59 Å². The number of nitrogens with one attached hydrogen (secondary N) is 1. The number of ketones is 1. The van der Waals surface area contributed by atoms with E-state index < -0.39 is 0 Å². The Morgan fingerprint density at radius 1 is 1.12 bits per heavy atom. The van der Waals surface area contributed by atoms with Gasteiger partial charge in [-0.3, -0.25) is 9.59 Å². The first kappa shape index (κ1) is 15.9. The maximum atomic E-state index is 13.3. The monoisotopic (exact) mass is 328 g/mol. The summed E-state index contributed by atoms with van der Waals surface area (Å²) in [4.78, 5) is 31.0. The van der Waals surface area contributed by atoms with E-state index in [-0.39, 0.29) is 11.7 Å². The average molecular weight is 328 g/mol. The molecule has 24 heavy (non-hydrogen) atoms. The van der Waals surface area contributed by atoms with Gasteiger partial charge in [-0.1, -0.05) is 19.8 Å². The zero-order valence-corrected chi connectivity index (χ0v) is 14.9. The van der Waals surface area contributed by atoms with Gasteiger partial charge < -0.3 is 9.88 Å². The van der Waals surface area contributed by atoms with Crippen LogP contribution in [0, 0.1) is 18.8 Å². The van der Waals surface area contributed by atoms with Crippen molar-refractivity contribution in [2.24, 2.45) is 11.8 Å². The minimum absolute atomic E-state index is 0.124. The molecule has 3 atom stereocenters. The van der Waals surface area contributed by atoms with Crippen LogP contribution in [-0.4, -0.2) is 34.2 Å². The van der Waals surface area contributed by atoms with Gasteiger partial charge in [0.1, 0.15) is 5.69 Å². The Bertz CT molecular complexity index is 675. The summed E-state index contributed by atoms with van der Waals surface area (Å²) in [6.07, 6.45) is 8.43. The molecule has 4 rings (SSSR count). The van der Waals surface area contributed by atoms with Gasteiger partial charge in [0.15, 0.2) is 5.78 Å². The van der Waals surface area contributed by atoms with Crippen molar-refractivity contribution in [1.29, 1.82) is 0 Å². The summed E-state index contributed by atoms with van der Waals surface area (Å²) < 4.78 is 0. The summed E-state index contributed by atoms with van der Waals surface area (Å²) in [5.74, 6) is 1.70. The Morgan fingerprint density at radius 2 is 1.92 bits per heavy atom. The van der Waals surface area contributed by atoms with E-state index in [0.29, 0.717) is 24.1 Å². The number of hydrogen-bond acceptors (Lipinski definition) is 2. The highest BCUT2D eigenvalue weighted by Crippen LogP contribution is 2.39. The minimum Gasteiger partial charge on any atom is -0.354 e. The average Bonchev–Trinajstić information content (AvgIpc) is 2.93. The maximum absolute atomic E-state index is 13.3. The predicted molar refractivity (Wildman–Crippen MR) is 93.4 cm³/mol. The molecular weight excluding hydrogens is 300 g/mol. The van der Waals surface area contributed by atoms with Crippen LogP contribution in [0.3, 0.4) is 0 Å². The lowest BCUT2D eigenvalue weighted by Crippen LogP contribution is -2.52. The third-order valence-electron chi connectivity index (χ3n) is 6.65. The van der Waals surface area contributed by atoms with E-state index in [9.17, 15) is 9.59 Å². The summed E-state index contributed by atoms with van der Waals surface area (Å²) >= 11 is 0. The molecule has 2 fully saturated rings. The SMILES string of the molecule is Cc1c(C(=O)N2CC[C@H](C)[C@@H]3CCCC[C@H]32)[nH]c2c1C(=O)CCC2. The van der Waals surface area contributed by atoms with Gasteiger partial charge in [-0.05, 0) is 56.4 Å². The highest BCUT2D eigenvalue weighted by Gasteiger charge is 2.40. The van der Waals surface area contributed by atoms with E-state index in [2.05, 4.69) is 16.8 Å². The third-order valence-corrected chi connectivity index (χ3v) is 6.65. The second-order valence-electron chi connectivity index (χ2n) is 8.04. The van der Waals surface area contributed by atoms with Crippen molar-refractivity contribution in [1.82, 2.24) is 9.88 Å². The summed E-state index contributed by atoms with van der Waals surface area (Å²) in [6.45, 7) is 5.15. The molecule has 4 heteroatoms. The second-order valence-corrected chi connectivity index (χ2v) is 8.04. The summed E-state index contributed by atoms with van der Waals surface area (Å²) in [6, 6.07) is 0.394. The second kappa shape index (κ2) is 6.05. The van der Waals surface area contributed by atoms with Gasteiger partial charge in [0.05, 0.1) is 0 Å². The molecule has 1 amide bonds. The molecule has 0 radical (unpaired) electrons. The van der Waals surface area contributed by atoms with Crippen molar-refractivity contribution in [2.75, 3.05) is 6.54 Å². The van der Waals surface area contributed by atoms with E-state index in [1.165, 1.54) is 19.3 Å². The number of amides is 1. The number of carbonyl (C=O) groups excluding carboxylic acids is 2. The van der Waals surface area contributed by atoms with E-state index >= 15 is 0 Å². The Balaban J connectivity index is 1.65. The Hall–Kier alpha value is -1.58. The van der Waals surface area contributed by atoms with E-state index in [0.717, 1.165) is 55.0 Å². The first-order valence-corrected chi connectivity index (χ1v) is 9.63. The first-order valence-electron chi connectivity index (χ1n) is 9.63. The zero-order chi connectivity index (χ0) is 16.8. The van der Waals surface area contributed by atoms with Crippen LogP contribution in [0.1, 0.15) is 84.0 Å². The number of fused-ring (bicyclic) bond motifs is 2. The number of rotatable bonds is 1. The van der Waals surface area contributed by atoms with Gasteiger partial charge in [-0.2, -0.15) is 0 Å². The standard InChI is InChI=1S/C20H28N2O2/c1-12-10-11-22(16-8-4-3-6-14(12)16)20(24)19-13(2)18-15(21-19)7-5-9-17(18)23/h12,14,16,21H,3-11H2,1-2H3/t12-,14-,16+/m0/s1. The summed E-state index contributed by atoms with van der Waals surface area (Å²) in [5.41, 5.74) is 3.34. The highest BCUT2D eigenvalue weighted by molar-refractivity contribution is 6.04. The largest absolute Gasteiger partial charge is 0.354 e. The van der Waals surface area contributed by atoms with Gasteiger partial charge in [-0.25, -0.2) is 0 Å².